The zero-order valence-corrected chi connectivity index (χ0v) is 13.9. The zero-order chi connectivity index (χ0) is 16.8. The fourth-order valence-electron chi connectivity index (χ4n) is 3.11. The molecule has 1 unspecified atom stereocenters. The second-order valence-corrected chi connectivity index (χ2v) is 5.96. The number of pyridine rings is 1. The lowest BCUT2D eigenvalue weighted by atomic mass is 10.1. The van der Waals surface area contributed by atoms with Gasteiger partial charge in [0.05, 0.1) is 13.2 Å². The Balaban J connectivity index is 1.71. The highest BCUT2D eigenvalue weighted by Crippen LogP contribution is 2.26. The van der Waals surface area contributed by atoms with Crippen molar-refractivity contribution < 1.29 is 9.53 Å². The van der Waals surface area contributed by atoms with E-state index >= 15 is 0 Å². The quantitative estimate of drug-likeness (QED) is 0.887. The van der Waals surface area contributed by atoms with Gasteiger partial charge in [0.2, 0.25) is 0 Å². The van der Waals surface area contributed by atoms with Crippen molar-refractivity contribution in [2.75, 3.05) is 26.7 Å². The maximum Gasteiger partial charge on any atom is 0.269 e. The Labute approximate surface area is 142 Å². The lowest BCUT2D eigenvalue weighted by Crippen LogP contribution is -2.37. The summed E-state index contributed by atoms with van der Waals surface area (Å²) in [5.41, 5.74) is 1.64. The summed E-state index contributed by atoms with van der Waals surface area (Å²) in [5, 5.41) is 3.03. The molecule has 1 amide bonds. The van der Waals surface area contributed by atoms with Crippen LogP contribution in [0.1, 0.15) is 34.9 Å². The van der Waals surface area contributed by atoms with E-state index in [1.807, 2.05) is 18.2 Å². The third kappa shape index (κ3) is 3.92. The molecule has 1 aliphatic rings. The Hall–Kier alpha value is -2.40. The van der Waals surface area contributed by atoms with Crippen molar-refractivity contribution in [1.82, 2.24) is 15.2 Å². The average molecular weight is 325 g/mol. The van der Waals surface area contributed by atoms with Gasteiger partial charge in [-0.1, -0.05) is 18.2 Å². The maximum absolute atomic E-state index is 12.3. The maximum atomic E-state index is 12.3. The van der Waals surface area contributed by atoms with E-state index in [1.165, 1.54) is 18.4 Å². The number of benzene rings is 1. The van der Waals surface area contributed by atoms with Gasteiger partial charge in [-0.25, -0.2) is 0 Å². The average Bonchev–Trinajstić information content (AvgIpc) is 3.17. The summed E-state index contributed by atoms with van der Waals surface area (Å²) in [6.07, 6.45) is 4.05. The summed E-state index contributed by atoms with van der Waals surface area (Å²) in [6, 6.07) is 13.6. The summed E-state index contributed by atoms with van der Waals surface area (Å²) in [5.74, 6) is 0.713. The van der Waals surface area contributed by atoms with Crippen molar-refractivity contribution in [2.45, 2.75) is 18.9 Å². The Morgan fingerprint density at radius 2 is 1.96 bits per heavy atom. The number of carbonyl (C=O) groups is 1. The zero-order valence-electron chi connectivity index (χ0n) is 13.9. The molecule has 0 saturated carbocycles. The van der Waals surface area contributed by atoms with Gasteiger partial charge in [0, 0.05) is 12.7 Å². The first-order valence-corrected chi connectivity index (χ1v) is 8.35. The van der Waals surface area contributed by atoms with E-state index in [0.29, 0.717) is 12.2 Å². The SMILES string of the molecule is COc1ccc(C(CNC(=O)c2ccccn2)N2CCCC2)cc1. The van der Waals surface area contributed by atoms with E-state index in [2.05, 4.69) is 27.3 Å². The smallest absolute Gasteiger partial charge is 0.269 e. The minimum absolute atomic E-state index is 0.131. The lowest BCUT2D eigenvalue weighted by molar-refractivity contribution is 0.0933. The Bertz CT molecular complexity index is 652. The Morgan fingerprint density at radius 3 is 2.58 bits per heavy atom. The molecule has 2 aromatic rings. The summed E-state index contributed by atoms with van der Waals surface area (Å²) >= 11 is 0. The number of amides is 1. The van der Waals surface area contributed by atoms with Crippen LogP contribution in [0.15, 0.2) is 48.7 Å². The first-order valence-electron chi connectivity index (χ1n) is 8.35. The van der Waals surface area contributed by atoms with Gasteiger partial charge in [-0.05, 0) is 55.8 Å². The molecule has 1 saturated heterocycles. The van der Waals surface area contributed by atoms with E-state index in [-0.39, 0.29) is 11.9 Å². The van der Waals surface area contributed by atoms with Crippen molar-refractivity contribution in [2.24, 2.45) is 0 Å². The summed E-state index contributed by atoms with van der Waals surface area (Å²) in [4.78, 5) is 18.8. The molecular weight excluding hydrogens is 302 g/mol. The molecule has 1 aromatic carbocycles. The molecule has 1 aliphatic heterocycles. The van der Waals surface area contributed by atoms with Crippen LogP contribution in [0.4, 0.5) is 0 Å². The minimum Gasteiger partial charge on any atom is -0.497 e. The molecule has 0 bridgehead atoms. The number of rotatable bonds is 6. The van der Waals surface area contributed by atoms with Crippen LogP contribution >= 0.6 is 0 Å². The summed E-state index contributed by atoms with van der Waals surface area (Å²) < 4.78 is 5.24. The van der Waals surface area contributed by atoms with Gasteiger partial charge in [-0.15, -0.1) is 0 Å². The lowest BCUT2D eigenvalue weighted by Gasteiger charge is -2.28. The van der Waals surface area contributed by atoms with Gasteiger partial charge in [-0.2, -0.15) is 0 Å². The Morgan fingerprint density at radius 1 is 1.21 bits per heavy atom. The van der Waals surface area contributed by atoms with Crippen LogP contribution in [0.5, 0.6) is 5.75 Å². The first-order chi connectivity index (χ1) is 11.8. The molecule has 24 heavy (non-hydrogen) atoms. The van der Waals surface area contributed by atoms with Crippen LogP contribution in [0.25, 0.3) is 0 Å². The molecule has 3 rings (SSSR count). The fourth-order valence-corrected chi connectivity index (χ4v) is 3.11. The van der Waals surface area contributed by atoms with Crippen molar-refractivity contribution >= 4 is 5.91 Å². The molecule has 0 radical (unpaired) electrons. The topological polar surface area (TPSA) is 54.5 Å². The first kappa shape index (κ1) is 16.5. The van der Waals surface area contributed by atoms with E-state index in [1.54, 1.807) is 25.4 Å². The van der Waals surface area contributed by atoms with E-state index in [9.17, 15) is 4.79 Å². The van der Waals surface area contributed by atoms with E-state index in [4.69, 9.17) is 4.74 Å². The normalized spacial score (nSPS) is 15.9. The van der Waals surface area contributed by atoms with Crippen molar-refractivity contribution in [1.29, 1.82) is 0 Å². The predicted octanol–water partition coefficient (Wildman–Crippen LogP) is 2.66. The van der Waals surface area contributed by atoms with Crippen LogP contribution in [-0.2, 0) is 0 Å². The van der Waals surface area contributed by atoms with E-state index in [0.717, 1.165) is 18.8 Å². The molecule has 2 heterocycles. The largest absolute Gasteiger partial charge is 0.497 e. The monoisotopic (exact) mass is 325 g/mol. The second-order valence-electron chi connectivity index (χ2n) is 5.96. The highest BCUT2D eigenvalue weighted by Gasteiger charge is 2.24. The number of methoxy groups -OCH3 is 1. The Kier molecular flexibility index (Phi) is 5.43. The van der Waals surface area contributed by atoms with Gasteiger partial charge in [0.15, 0.2) is 0 Å². The number of aromatic nitrogens is 1. The van der Waals surface area contributed by atoms with Crippen LogP contribution in [-0.4, -0.2) is 42.5 Å². The molecular formula is C19H23N3O2. The van der Waals surface area contributed by atoms with Gasteiger partial charge in [0.1, 0.15) is 11.4 Å². The number of likely N-dealkylation sites (tertiary alicyclic amines) is 1. The molecule has 1 atom stereocenters. The van der Waals surface area contributed by atoms with Crippen LogP contribution in [0.2, 0.25) is 0 Å². The van der Waals surface area contributed by atoms with Gasteiger partial charge in [0.25, 0.3) is 5.91 Å². The number of hydrogen-bond donors (Lipinski definition) is 1. The molecule has 5 nitrogen and oxygen atoms in total. The fraction of sp³-hybridized carbons (Fsp3) is 0.368. The molecule has 0 aliphatic carbocycles. The number of carbonyl (C=O) groups excluding carboxylic acids is 1. The standard InChI is InChI=1S/C19H23N3O2/c1-24-16-9-7-15(8-10-16)18(22-12-4-5-13-22)14-21-19(23)17-6-2-3-11-20-17/h2-3,6-11,18H,4-5,12-14H2,1H3,(H,21,23). The third-order valence-electron chi connectivity index (χ3n) is 4.44. The third-order valence-corrected chi connectivity index (χ3v) is 4.44. The second kappa shape index (κ2) is 7.93. The van der Waals surface area contributed by atoms with Gasteiger partial charge >= 0.3 is 0 Å². The van der Waals surface area contributed by atoms with Gasteiger partial charge < -0.3 is 10.1 Å². The highest BCUT2D eigenvalue weighted by atomic mass is 16.5. The highest BCUT2D eigenvalue weighted by molar-refractivity contribution is 5.92. The predicted molar refractivity (Wildman–Crippen MR) is 93.1 cm³/mol. The number of hydrogen-bond acceptors (Lipinski definition) is 4. The van der Waals surface area contributed by atoms with Crippen molar-refractivity contribution in [3.63, 3.8) is 0 Å². The summed E-state index contributed by atoms with van der Waals surface area (Å²) in [7, 11) is 1.67. The molecule has 0 spiro atoms. The van der Waals surface area contributed by atoms with Crippen molar-refractivity contribution in [3.05, 3.63) is 59.9 Å². The number of nitrogens with one attached hydrogen (secondary N) is 1. The van der Waals surface area contributed by atoms with Gasteiger partial charge in [-0.3, -0.25) is 14.7 Å². The molecule has 1 fully saturated rings. The molecule has 5 heteroatoms. The van der Waals surface area contributed by atoms with Crippen LogP contribution in [0, 0.1) is 0 Å². The van der Waals surface area contributed by atoms with Crippen LogP contribution < -0.4 is 10.1 Å². The number of nitrogens with zero attached hydrogens (tertiary/aromatic N) is 2. The van der Waals surface area contributed by atoms with Crippen molar-refractivity contribution in [3.8, 4) is 5.75 Å². The molecule has 126 valence electrons. The number of ether oxygens (including phenoxy) is 1. The van der Waals surface area contributed by atoms with Crippen LogP contribution in [0.3, 0.4) is 0 Å². The van der Waals surface area contributed by atoms with E-state index < -0.39 is 0 Å². The summed E-state index contributed by atoms with van der Waals surface area (Å²) in [6.45, 7) is 2.70. The minimum atomic E-state index is -0.131. The molecule has 1 aromatic heterocycles. The molecule has 1 N–H and O–H groups in total.